The Morgan fingerprint density at radius 1 is 1.44 bits per heavy atom. The maximum absolute atomic E-state index is 12.8. The maximum atomic E-state index is 12.8. The zero-order valence-electron chi connectivity index (χ0n) is 10.0. The Kier molecular flexibility index (Phi) is 3.97. The van der Waals surface area contributed by atoms with E-state index >= 15 is 0 Å². The first-order valence-corrected chi connectivity index (χ1v) is 6.08. The summed E-state index contributed by atoms with van der Waals surface area (Å²) in [6.45, 7) is 0.583. The van der Waals surface area contributed by atoms with Crippen molar-refractivity contribution in [1.29, 1.82) is 0 Å². The van der Waals surface area contributed by atoms with Gasteiger partial charge in [0.05, 0.1) is 5.56 Å². The minimum atomic E-state index is -0.554. The predicted molar refractivity (Wildman–Crippen MR) is 66.9 cm³/mol. The Bertz CT molecular complexity index is 471. The highest BCUT2D eigenvalue weighted by atomic mass is 19.1. The molecule has 0 bridgehead atoms. The monoisotopic (exact) mass is 249 g/mol. The van der Waals surface area contributed by atoms with Gasteiger partial charge in [0.1, 0.15) is 11.6 Å². The smallest absolute Gasteiger partial charge is 0.255 e. The van der Waals surface area contributed by atoms with Crippen LogP contribution in [0.3, 0.4) is 0 Å². The summed E-state index contributed by atoms with van der Waals surface area (Å²) < 4.78 is 12.8. The van der Waals surface area contributed by atoms with Crippen molar-refractivity contribution in [1.82, 2.24) is 5.32 Å². The van der Waals surface area contributed by atoms with Crippen molar-refractivity contribution in [3.63, 3.8) is 0 Å². The van der Waals surface area contributed by atoms with Gasteiger partial charge < -0.3 is 10.4 Å². The standard InChI is InChI=1S/C14H16FNO2/c15-11-6-7-12(13(17)8-11)14(18)16-9-10-4-2-1-3-5-10/h1-2,6-8,10,17H,3-5,9H2,(H,16,18). The van der Waals surface area contributed by atoms with Crippen molar-refractivity contribution in [2.24, 2.45) is 5.92 Å². The fourth-order valence-electron chi connectivity index (χ4n) is 2.07. The van der Waals surface area contributed by atoms with Crippen molar-refractivity contribution in [3.8, 4) is 5.75 Å². The molecule has 4 heteroatoms. The van der Waals surface area contributed by atoms with E-state index in [0.29, 0.717) is 12.5 Å². The molecule has 1 amide bonds. The molecule has 0 saturated carbocycles. The van der Waals surface area contributed by atoms with Crippen molar-refractivity contribution in [2.75, 3.05) is 6.54 Å². The van der Waals surface area contributed by atoms with Crippen LogP contribution in [0, 0.1) is 11.7 Å². The molecule has 96 valence electrons. The Hall–Kier alpha value is -1.84. The minimum absolute atomic E-state index is 0.114. The highest BCUT2D eigenvalue weighted by Gasteiger charge is 2.14. The van der Waals surface area contributed by atoms with Crippen LogP contribution in [0.15, 0.2) is 30.4 Å². The number of rotatable bonds is 3. The zero-order chi connectivity index (χ0) is 13.0. The number of amides is 1. The number of halogens is 1. The molecule has 0 radical (unpaired) electrons. The first kappa shape index (κ1) is 12.6. The molecular weight excluding hydrogens is 233 g/mol. The second-order valence-electron chi connectivity index (χ2n) is 4.52. The zero-order valence-corrected chi connectivity index (χ0v) is 10.0. The van der Waals surface area contributed by atoms with Crippen LogP contribution < -0.4 is 5.32 Å². The van der Waals surface area contributed by atoms with Crippen LogP contribution in [-0.2, 0) is 0 Å². The molecule has 0 fully saturated rings. The summed E-state index contributed by atoms with van der Waals surface area (Å²) >= 11 is 0. The Balaban J connectivity index is 1.93. The number of carbonyl (C=O) groups is 1. The lowest BCUT2D eigenvalue weighted by molar-refractivity contribution is 0.0943. The largest absolute Gasteiger partial charge is 0.507 e. The van der Waals surface area contributed by atoms with Crippen molar-refractivity contribution in [2.45, 2.75) is 19.3 Å². The molecule has 1 atom stereocenters. The van der Waals surface area contributed by atoms with E-state index in [4.69, 9.17) is 0 Å². The highest BCUT2D eigenvalue weighted by Crippen LogP contribution is 2.19. The normalized spacial score (nSPS) is 18.6. The second-order valence-corrected chi connectivity index (χ2v) is 4.52. The number of phenolic OH excluding ortho intramolecular Hbond substituents is 1. The van der Waals surface area contributed by atoms with Crippen LogP contribution in [0.25, 0.3) is 0 Å². The Morgan fingerprint density at radius 3 is 2.94 bits per heavy atom. The first-order valence-electron chi connectivity index (χ1n) is 6.08. The number of nitrogens with one attached hydrogen (secondary N) is 1. The van der Waals surface area contributed by atoms with Crippen molar-refractivity contribution in [3.05, 3.63) is 41.7 Å². The van der Waals surface area contributed by atoms with Gasteiger partial charge in [-0.2, -0.15) is 0 Å². The van der Waals surface area contributed by atoms with Gasteiger partial charge in [0.15, 0.2) is 0 Å². The fraction of sp³-hybridized carbons (Fsp3) is 0.357. The molecule has 0 aromatic heterocycles. The number of allylic oxidation sites excluding steroid dienone is 2. The van der Waals surface area contributed by atoms with E-state index in [1.165, 1.54) is 6.07 Å². The molecule has 1 aromatic rings. The van der Waals surface area contributed by atoms with Gasteiger partial charge in [-0.3, -0.25) is 4.79 Å². The third-order valence-electron chi connectivity index (χ3n) is 3.13. The van der Waals surface area contributed by atoms with Gasteiger partial charge in [0.2, 0.25) is 0 Å². The van der Waals surface area contributed by atoms with Gasteiger partial charge in [-0.15, -0.1) is 0 Å². The molecule has 1 unspecified atom stereocenters. The van der Waals surface area contributed by atoms with Gasteiger partial charge in [-0.05, 0) is 37.3 Å². The van der Waals surface area contributed by atoms with E-state index in [1.807, 2.05) is 0 Å². The predicted octanol–water partition coefficient (Wildman–Crippen LogP) is 2.62. The van der Waals surface area contributed by atoms with Gasteiger partial charge in [0.25, 0.3) is 5.91 Å². The maximum Gasteiger partial charge on any atom is 0.255 e. The lowest BCUT2D eigenvalue weighted by Gasteiger charge is -2.18. The van der Waals surface area contributed by atoms with Crippen molar-refractivity contribution >= 4 is 5.91 Å². The van der Waals surface area contributed by atoms with Crippen LogP contribution in [0.2, 0.25) is 0 Å². The summed E-state index contributed by atoms with van der Waals surface area (Å²) in [4.78, 5) is 11.8. The first-order chi connectivity index (χ1) is 8.66. The molecule has 1 aromatic carbocycles. The second kappa shape index (κ2) is 5.67. The van der Waals surface area contributed by atoms with E-state index in [-0.39, 0.29) is 17.2 Å². The van der Waals surface area contributed by atoms with Crippen LogP contribution in [0.4, 0.5) is 4.39 Å². The van der Waals surface area contributed by atoms with E-state index in [9.17, 15) is 14.3 Å². The molecule has 18 heavy (non-hydrogen) atoms. The number of carbonyl (C=O) groups excluding carboxylic acids is 1. The Labute approximate surface area is 105 Å². The highest BCUT2D eigenvalue weighted by molar-refractivity contribution is 5.96. The summed E-state index contributed by atoms with van der Waals surface area (Å²) in [5.74, 6) is -0.791. The molecule has 1 aliphatic rings. The minimum Gasteiger partial charge on any atom is -0.507 e. The molecule has 2 N–H and O–H groups in total. The quantitative estimate of drug-likeness (QED) is 0.809. The summed E-state index contributed by atoms with van der Waals surface area (Å²) in [6.07, 6.45) is 7.34. The molecule has 2 rings (SSSR count). The lowest BCUT2D eigenvalue weighted by atomic mass is 9.94. The van der Waals surface area contributed by atoms with Gasteiger partial charge in [-0.25, -0.2) is 4.39 Å². The molecular formula is C14H16FNO2. The van der Waals surface area contributed by atoms with Gasteiger partial charge >= 0.3 is 0 Å². The summed E-state index contributed by atoms with van der Waals surface area (Å²) in [7, 11) is 0. The van der Waals surface area contributed by atoms with E-state index < -0.39 is 5.82 Å². The van der Waals surface area contributed by atoms with E-state index in [1.54, 1.807) is 0 Å². The van der Waals surface area contributed by atoms with Gasteiger partial charge in [0, 0.05) is 12.6 Å². The number of aromatic hydroxyl groups is 1. The SMILES string of the molecule is O=C(NCC1CC=CCC1)c1ccc(F)cc1O. The third-order valence-corrected chi connectivity index (χ3v) is 3.13. The molecule has 0 aliphatic heterocycles. The third kappa shape index (κ3) is 3.09. The van der Waals surface area contributed by atoms with Gasteiger partial charge in [-0.1, -0.05) is 12.2 Å². The number of hydrogen-bond acceptors (Lipinski definition) is 2. The number of benzene rings is 1. The van der Waals surface area contributed by atoms with Crippen LogP contribution in [-0.4, -0.2) is 17.6 Å². The summed E-state index contributed by atoms with van der Waals surface area (Å²) in [6, 6.07) is 3.40. The summed E-state index contributed by atoms with van der Waals surface area (Å²) in [5, 5.41) is 12.3. The summed E-state index contributed by atoms with van der Waals surface area (Å²) in [5.41, 5.74) is 0.114. The Morgan fingerprint density at radius 2 is 2.28 bits per heavy atom. The number of phenols is 1. The topological polar surface area (TPSA) is 49.3 Å². The fourth-order valence-corrected chi connectivity index (χ4v) is 2.07. The molecule has 1 aliphatic carbocycles. The lowest BCUT2D eigenvalue weighted by Crippen LogP contribution is -2.29. The van der Waals surface area contributed by atoms with Crippen LogP contribution in [0.1, 0.15) is 29.6 Å². The average molecular weight is 249 g/mol. The molecule has 3 nitrogen and oxygen atoms in total. The average Bonchev–Trinajstić information content (AvgIpc) is 2.37. The number of hydrogen-bond donors (Lipinski definition) is 2. The molecule has 0 saturated heterocycles. The van der Waals surface area contributed by atoms with Crippen molar-refractivity contribution < 1.29 is 14.3 Å². The van der Waals surface area contributed by atoms with E-state index in [2.05, 4.69) is 17.5 Å². The van der Waals surface area contributed by atoms with Crippen LogP contribution in [0.5, 0.6) is 5.75 Å². The van der Waals surface area contributed by atoms with E-state index in [0.717, 1.165) is 31.4 Å². The molecule has 0 spiro atoms. The molecule has 0 heterocycles. The van der Waals surface area contributed by atoms with Crippen LogP contribution >= 0.6 is 0 Å².